The van der Waals surface area contributed by atoms with Crippen LogP contribution in [-0.2, 0) is 14.4 Å². The van der Waals surface area contributed by atoms with Crippen molar-refractivity contribution in [2.75, 3.05) is 11.4 Å². The number of carbonyl (C=O) groups excluding carboxylic acids is 3. The topological polar surface area (TPSA) is 98.0 Å². The van der Waals surface area contributed by atoms with Gasteiger partial charge in [-0.05, 0) is 66.3 Å². The summed E-state index contributed by atoms with van der Waals surface area (Å²) in [6.45, 7) is -0.659. The molecule has 3 aromatic carbocycles. The average Bonchev–Trinajstić information content (AvgIpc) is 3.72. The van der Waals surface area contributed by atoms with Crippen molar-refractivity contribution in [2.45, 2.75) is 37.4 Å². The Morgan fingerprint density at radius 1 is 0.878 bits per heavy atom. The average molecular weight is 754 g/mol. The van der Waals surface area contributed by atoms with Crippen LogP contribution in [-0.4, -0.2) is 52.1 Å². The molecule has 4 atom stereocenters. The number of amides is 3. The molecule has 2 fully saturated rings. The molecule has 9 nitrogen and oxygen atoms in total. The first kappa shape index (κ1) is 33.5. The predicted octanol–water partition coefficient (Wildman–Crippen LogP) is 7.97. The van der Waals surface area contributed by atoms with E-state index in [1.807, 2.05) is 6.08 Å². The zero-order chi connectivity index (χ0) is 34.9. The fraction of sp³-hybridized carbons (Fsp3) is 0.250. The van der Waals surface area contributed by atoms with Gasteiger partial charge in [0.2, 0.25) is 0 Å². The van der Waals surface area contributed by atoms with Crippen molar-refractivity contribution in [1.29, 1.82) is 0 Å². The summed E-state index contributed by atoms with van der Waals surface area (Å²) in [4.78, 5) is 40.6. The van der Waals surface area contributed by atoms with Gasteiger partial charge in [0.1, 0.15) is 12.2 Å². The van der Waals surface area contributed by atoms with E-state index >= 15 is 0 Å². The lowest BCUT2D eigenvalue weighted by Crippen LogP contribution is -2.45. The summed E-state index contributed by atoms with van der Waals surface area (Å²) in [6, 6.07) is 5.91. The van der Waals surface area contributed by atoms with Crippen LogP contribution < -0.4 is 4.90 Å². The van der Waals surface area contributed by atoms with Crippen LogP contribution >= 0.6 is 46.4 Å². The number of halogens is 8. The van der Waals surface area contributed by atoms with E-state index in [4.69, 9.17) is 51.5 Å². The minimum absolute atomic E-state index is 0.0122. The minimum Gasteiger partial charge on any atom is -0.271 e. The molecule has 4 unspecified atom stereocenters. The second-order valence-electron chi connectivity index (χ2n) is 11.7. The summed E-state index contributed by atoms with van der Waals surface area (Å²) >= 11 is 25.4. The number of hydrogen-bond donors (Lipinski definition) is 0. The van der Waals surface area contributed by atoms with Gasteiger partial charge < -0.3 is 0 Å². The molecule has 3 amide bonds. The highest BCUT2D eigenvalue weighted by atomic mass is 35.5. The van der Waals surface area contributed by atoms with Crippen LogP contribution in [0.25, 0.3) is 6.08 Å². The van der Waals surface area contributed by atoms with Crippen LogP contribution in [0.3, 0.4) is 0 Å². The number of hydrazone groups is 1. The van der Waals surface area contributed by atoms with Crippen molar-refractivity contribution in [3.05, 3.63) is 103 Å². The highest BCUT2D eigenvalue weighted by Crippen LogP contribution is 2.47. The molecule has 49 heavy (non-hydrogen) atoms. The highest BCUT2D eigenvalue weighted by Gasteiger charge is 2.57. The van der Waals surface area contributed by atoms with Gasteiger partial charge in [0.05, 0.1) is 11.8 Å². The largest absolute Gasteiger partial charge is 0.271 e. The summed E-state index contributed by atoms with van der Waals surface area (Å²) < 4.78 is 57.3. The number of hydrogen-bond acceptors (Lipinski definition) is 7. The van der Waals surface area contributed by atoms with Gasteiger partial charge in [-0.1, -0.05) is 63.8 Å². The van der Waals surface area contributed by atoms with Crippen LogP contribution in [0.1, 0.15) is 36.4 Å². The van der Waals surface area contributed by atoms with E-state index in [1.54, 1.807) is 30.3 Å². The first-order valence-corrected chi connectivity index (χ1v) is 16.3. The Morgan fingerprint density at radius 3 is 2.22 bits per heavy atom. The molecule has 0 spiro atoms. The molecule has 1 saturated carbocycles. The van der Waals surface area contributed by atoms with Gasteiger partial charge in [-0.25, -0.2) is 27.5 Å². The molecular formula is C32H20Cl4F4N6O3. The van der Waals surface area contributed by atoms with Crippen molar-refractivity contribution < 1.29 is 31.9 Å². The Kier molecular flexibility index (Phi) is 8.66. The molecule has 0 radical (unpaired) electrons. The van der Waals surface area contributed by atoms with Gasteiger partial charge in [-0.2, -0.15) is 10.2 Å². The third kappa shape index (κ3) is 5.66. The van der Waals surface area contributed by atoms with Crippen LogP contribution in [0, 0.1) is 29.2 Å². The number of benzene rings is 3. The van der Waals surface area contributed by atoms with Crippen molar-refractivity contribution in [3.8, 4) is 0 Å². The Balaban J connectivity index is 1.22. The molecular weight excluding hydrogens is 734 g/mol. The summed E-state index contributed by atoms with van der Waals surface area (Å²) in [5.41, 5.74) is 1.16. The second kappa shape index (κ2) is 12.7. The van der Waals surface area contributed by atoms with Crippen molar-refractivity contribution >= 4 is 81.6 Å². The van der Waals surface area contributed by atoms with Gasteiger partial charge in [0.25, 0.3) is 17.7 Å². The van der Waals surface area contributed by atoms with Gasteiger partial charge in [0.15, 0.2) is 35.4 Å². The molecule has 0 aromatic heterocycles. The van der Waals surface area contributed by atoms with Gasteiger partial charge in [0, 0.05) is 32.1 Å². The molecule has 17 heteroatoms. The molecule has 1 aliphatic carbocycles. The number of allylic oxidation sites excluding steroid dienone is 1. The molecule has 1 saturated heterocycles. The van der Waals surface area contributed by atoms with E-state index in [0.29, 0.717) is 44.7 Å². The normalized spacial score (nSPS) is 23.9. The van der Waals surface area contributed by atoms with E-state index in [1.165, 1.54) is 11.1 Å². The van der Waals surface area contributed by atoms with Crippen molar-refractivity contribution in [3.63, 3.8) is 0 Å². The van der Waals surface area contributed by atoms with Gasteiger partial charge >= 0.3 is 0 Å². The molecule has 252 valence electrons. The summed E-state index contributed by atoms with van der Waals surface area (Å²) in [6.07, 6.45) is 3.88. The van der Waals surface area contributed by atoms with E-state index in [0.717, 1.165) is 17.0 Å². The number of nitrogens with zero attached hydrogens (tertiary/aromatic N) is 6. The lowest BCUT2D eigenvalue weighted by Gasteiger charge is -2.31. The fourth-order valence-corrected chi connectivity index (χ4v) is 7.59. The number of anilines is 1. The first-order valence-electron chi connectivity index (χ1n) is 14.8. The SMILES string of the molecule is O=C1C2N=NN(CC(=O)N3N=C4C(=Cc5ccc(Cl)cc5Cl)CCCC4C3c3ccc(Cl)cc3Cl)C2C(=O)N1c1c(F)c(F)cc(F)c1F. The van der Waals surface area contributed by atoms with E-state index < -0.39 is 71.3 Å². The predicted molar refractivity (Wildman–Crippen MR) is 173 cm³/mol. The number of carbonyl (C=O) groups is 3. The van der Waals surface area contributed by atoms with Crippen LogP contribution in [0.5, 0.6) is 0 Å². The Bertz CT molecular complexity index is 2040. The van der Waals surface area contributed by atoms with Gasteiger partial charge in [-0.3, -0.25) is 19.4 Å². The number of imide groups is 1. The van der Waals surface area contributed by atoms with Crippen molar-refractivity contribution in [2.24, 2.45) is 21.4 Å². The third-order valence-electron chi connectivity index (χ3n) is 8.80. The molecule has 0 bridgehead atoms. The van der Waals surface area contributed by atoms with E-state index in [-0.39, 0.29) is 21.9 Å². The molecule has 3 aliphatic heterocycles. The first-order chi connectivity index (χ1) is 23.3. The zero-order valence-electron chi connectivity index (χ0n) is 24.7. The standard InChI is InChI=1S/C32H20Cl4F4N6O3/c33-15-5-4-13(19(35)9-15)8-14-2-1-3-18-26(14)42-46(28(18)17-7-6-16(34)10-20(17)36)23(47)12-44-30-27(41-43-44)31(48)45(32(30)49)29-24(39)21(37)11-22(38)25(29)40/h4-11,18,27-28,30H,1-3,12H2. The number of rotatable bonds is 5. The Labute approximate surface area is 295 Å². The molecule has 3 heterocycles. The monoisotopic (exact) mass is 752 g/mol. The Hall–Kier alpha value is -4.04. The molecule has 0 N–H and O–H groups in total. The maximum Gasteiger partial charge on any atom is 0.264 e. The summed E-state index contributed by atoms with van der Waals surface area (Å²) in [7, 11) is 0. The second-order valence-corrected chi connectivity index (χ2v) is 13.4. The smallest absolute Gasteiger partial charge is 0.264 e. The molecule has 4 aliphatic rings. The minimum atomic E-state index is -1.94. The van der Waals surface area contributed by atoms with E-state index in [9.17, 15) is 31.9 Å². The maximum atomic E-state index is 14.6. The zero-order valence-corrected chi connectivity index (χ0v) is 27.7. The highest BCUT2D eigenvalue weighted by molar-refractivity contribution is 6.36. The number of fused-ring (bicyclic) bond motifs is 2. The summed E-state index contributed by atoms with van der Waals surface area (Å²) in [5.74, 6) is -11.1. The van der Waals surface area contributed by atoms with Crippen molar-refractivity contribution in [1.82, 2.24) is 10.0 Å². The quantitative estimate of drug-likeness (QED) is 0.150. The molecule has 3 aromatic rings. The fourth-order valence-electron chi connectivity index (χ4n) is 6.61. The lowest BCUT2D eigenvalue weighted by atomic mass is 9.77. The molecule has 7 rings (SSSR count). The van der Waals surface area contributed by atoms with Crippen LogP contribution in [0.2, 0.25) is 20.1 Å². The Morgan fingerprint density at radius 2 is 1.55 bits per heavy atom. The maximum absolute atomic E-state index is 14.6. The lowest BCUT2D eigenvalue weighted by molar-refractivity contribution is -0.136. The van der Waals surface area contributed by atoms with Crippen LogP contribution in [0.4, 0.5) is 23.2 Å². The van der Waals surface area contributed by atoms with E-state index in [2.05, 4.69) is 10.3 Å². The third-order valence-corrected chi connectivity index (χ3v) is 9.92. The summed E-state index contributed by atoms with van der Waals surface area (Å²) in [5, 5.41) is 16.0. The van der Waals surface area contributed by atoms with Crippen LogP contribution in [0.15, 0.2) is 63.5 Å². The van der Waals surface area contributed by atoms with Gasteiger partial charge in [-0.15, -0.1) is 0 Å².